The molecule has 0 radical (unpaired) electrons. The molecule has 0 spiro atoms. The van der Waals surface area contributed by atoms with Crippen molar-refractivity contribution in [1.29, 1.82) is 0 Å². The molecule has 2 aliphatic heterocycles. The molecule has 6 rings (SSSR count). The highest BCUT2D eigenvalue weighted by Crippen LogP contribution is 2.30. The molecule has 0 fully saturated rings. The number of fused-ring (bicyclic) bond motifs is 10. The van der Waals surface area contributed by atoms with E-state index in [9.17, 15) is 5.11 Å². The van der Waals surface area contributed by atoms with Crippen LogP contribution in [0.4, 0.5) is 0 Å². The van der Waals surface area contributed by atoms with Gasteiger partial charge in [-0.1, -0.05) is 24.3 Å². The largest absolute Gasteiger partial charge is 0.512 e. The van der Waals surface area contributed by atoms with Crippen molar-refractivity contribution in [2.24, 2.45) is 0 Å². The zero-order valence-electron chi connectivity index (χ0n) is 16.9. The molecule has 31 heavy (non-hydrogen) atoms. The van der Waals surface area contributed by atoms with Crippen molar-refractivity contribution >= 4 is 45.6 Å². The quantitative estimate of drug-likeness (QED) is 0.410. The molecular formula is C26H20N4O. The van der Waals surface area contributed by atoms with E-state index in [2.05, 4.69) is 51.4 Å². The van der Waals surface area contributed by atoms with Crippen LogP contribution in [0.15, 0.2) is 66.8 Å². The third kappa shape index (κ3) is 3.11. The van der Waals surface area contributed by atoms with Gasteiger partial charge in [-0.05, 0) is 67.1 Å². The fourth-order valence-corrected chi connectivity index (χ4v) is 4.31. The van der Waals surface area contributed by atoms with Crippen LogP contribution in [0.25, 0.3) is 45.6 Å². The van der Waals surface area contributed by atoms with Gasteiger partial charge in [0.2, 0.25) is 0 Å². The van der Waals surface area contributed by atoms with Crippen molar-refractivity contribution in [3.05, 3.63) is 94.4 Å². The number of nitrogens with one attached hydrogen (secondary N) is 2. The van der Waals surface area contributed by atoms with Crippen molar-refractivity contribution in [1.82, 2.24) is 19.9 Å². The smallest absolute Gasteiger partial charge is 0.0985 e. The minimum atomic E-state index is 0.116. The fraction of sp³-hybridized carbons (Fsp3) is 0.0769. The van der Waals surface area contributed by atoms with Crippen LogP contribution in [-0.2, 0) is 0 Å². The van der Waals surface area contributed by atoms with E-state index >= 15 is 0 Å². The number of aromatic nitrogens is 4. The van der Waals surface area contributed by atoms with Gasteiger partial charge >= 0.3 is 0 Å². The maximum Gasteiger partial charge on any atom is 0.0985 e. The normalized spacial score (nSPS) is 17.7. The van der Waals surface area contributed by atoms with Gasteiger partial charge in [-0.15, -0.1) is 0 Å². The van der Waals surface area contributed by atoms with Crippen LogP contribution in [0.5, 0.6) is 0 Å². The number of H-pyrrole nitrogens is 2. The lowest BCUT2D eigenvalue weighted by Gasteiger charge is -2.09. The molecule has 3 aromatic heterocycles. The van der Waals surface area contributed by atoms with Gasteiger partial charge in [0, 0.05) is 27.7 Å². The first-order chi connectivity index (χ1) is 15.1. The van der Waals surface area contributed by atoms with Gasteiger partial charge in [0.25, 0.3) is 0 Å². The van der Waals surface area contributed by atoms with Crippen molar-refractivity contribution in [2.45, 2.75) is 12.8 Å². The molecule has 1 atom stereocenters. The predicted molar refractivity (Wildman–Crippen MR) is 125 cm³/mol. The Morgan fingerprint density at radius 1 is 0.839 bits per heavy atom. The van der Waals surface area contributed by atoms with Crippen LogP contribution in [0.2, 0.25) is 0 Å². The molecule has 8 bridgehead atoms. The molecule has 3 aliphatic rings. The van der Waals surface area contributed by atoms with E-state index in [0.717, 1.165) is 55.3 Å². The first-order valence-electron chi connectivity index (χ1n) is 10.3. The molecule has 0 saturated carbocycles. The first kappa shape index (κ1) is 17.7. The van der Waals surface area contributed by atoms with Gasteiger partial charge in [-0.25, -0.2) is 4.98 Å². The zero-order valence-corrected chi connectivity index (χ0v) is 16.9. The van der Waals surface area contributed by atoms with Crippen molar-refractivity contribution in [3.63, 3.8) is 0 Å². The predicted octanol–water partition coefficient (Wildman–Crippen LogP) is 4.23. The van der Waals surface area contributed by atoms with Crippen LogP contribution in [0.3, 0.4) is 0 Å². The maximum atomic E-state index is 10.3. The van der Waals surface area contributed by atoms with Crippen LogP contribution < -0.4 is 10.6 Å². The molecule has 0 saturated heterocycles. The van der Waals surface area contributed by atoms with E-state index in [1.54, 1.807) is 6.92 Å². The Balaban J connectivity index is 1.78. The van der Waals surface area contributed by atoms with E-state index in [4.69, 9.17) is 4.98 Å². The Hall–Kier alpha value is -4.12. The number of rotatable bonds is 0. The monoisotopic (exact) mass is 404 g/mol. The summed E-state index contributed by atoms with van der Waals surface area (Å²) in [6.07, 6.45) is 12.4. The van der Waals surface area contributed by atoms with Gasteiger partial charge in [0.15, 0.2) is 0 Å². The summed E-state index contributed by atoms with van der Waals surface area (Å²) in [6.45, 7) is 1.70. The molecule has 5 nitrogen and oxygen atoms in total. The second-order valence-electron chi connectivity index (χ2n) is 7.98. The van der Waals surface area contributed by atoms with Crippen molar-refractivity contribution in [2.75, 3.05) is 0 Å². The average molecular weight is 404 g/mol. The Morgan fingerprint density at radius 3 is 2.42 bits per heavy atom. The summed E-state index contributed by atoms with van der Waals surface area (Å²) < 4.78 is 0. The van der Waals surface area contributed by atoms with Crippen molar-refractivity contribution < 1.29 is 5.11 Å². The van der Waals surface area contributed by atoms with Gasteiger partial charge in [0.1, 0.15) is 0 Å². The molecule has 1 unspecified atom stereocenters. The first-order valence-corrected chi connectivity index (χ1v) is 10.3. The Kier molecular flexibility index (Phi) is 3.83. The van der Waals surface area contributed by atoms with E-state index in [0.29, 0.717) is 0 Å². The highest BCUT2D eigenvalue weighted by Gasteiger charge is 2.20. The topological polar surface area (TPSA) is 77.6 Å². The maximum absolute atomic E-state index is 10.3. The third-order valence-electron chi connectivity index (χ3n) is 5.75. The molecular weight excluding hydrogens is 384 g/mol. The standard InChI is InChI=1S/C26H20N4O/c1-15(31)23-12-20-11-18-7-6-16(27-18)10-17-8-9-19(28-17)13-24-21-4-2-3-5-22(21)25(30-24)14-26(23)29-20/h2-14,21,28-29,31H,1H3. The summed E-state index contributed by atoms with van der Waals surface area (Å²) in [6, 6.07) is 14.2. The van der Waals surface area contributed by atoms with Gasteiger partial charge in [-0.2, -0.15) is 0 Å². The highest BCUT2D eigenvalue weighted by molar-refractivity contribution is 5.76. The summed E-state index contributed by atoms with van der Waals surface area (Å²) in [7, 11) is 0. The lowest BCUT2D eigenvalue weighted by molar-refractivity contribution is 0.499. The summed E-state index contributed by atoms with van der Waals surface area (Å²) in [5.41, 5.74) is 7.59. The lowest BCUT2D eigenvalue weighted by atomic mass is 9.93. The molecule has 5 heteroatoms. The Morgan fingerprint density at radius 2 is 1.61 bits per heavy atom. The Labute approximate surface area is 178 Å². The number of nitrogens with zero attached hydrogens (tertiary/aromatic N) is 2. The fourth-order valence-electron chi connectivity index (χ4n) is 4.31. The van der Waals surface area contributed by atoms with Gasteiger partial charge < -0.3 is 15.1 Å². The average Bonchev–Trinajstić information content (AvgIpc) is 3.52. The molecule has 3 N–H and O–H groups in total. The number of hydrogen-bond donors (Lipinski definition) is 3. The minimum Gasteiger partial charge on any atom is -0.512 e. The minimum absolute atomic E-state index is 0.116. The SMILES string of the molecule is CC(O)=c1cc2cc3nc(cc4ccc(cc5nc(cc1[nH]2)=C1C=CC=CC15)[nH]4)C=C3. The molecule has 5 heterocycles. The van der Waals surface area contributed by atoms with E-state index in [1.807, 2.05) is 42.5 Å². The molecule has 1 aliphatic carbocycles. The number of aromatic amines is 2. The van der Waals surface area contributed by atoms with Gasteiger partial charge in [-0.3, -0.25) is 4.98 Å². The van der Waals surface area contributed by atoms with Crippen molar-refractivity contribution in [3.8, 4) is 0 Å². The second-order valence-corrected chi connectivity index (χ2v) is 7.98. The summed E-state index contributed by atoms with van der Waals surface area (Å²) >= 11 is 0. The second kappa shape index (κ2) is 6.71. The van der Waals surface area contributed by atoms with Crippen LogP contribution in [0, 0.1) is 0 Å². The van der Waals surface area contributed by atoms with Crippen LogP contribution in [-0.4, -0.2) is 25.0 Å². The molecule has 0 amide bonds. The number of aliphatic hydroxyl groups excluding tert-OH is 1. The molecule has 0 aromatic carbocycles. The number of allylic oxidation sites excluding steroid dienone is 4. The van der Waals surface area contributed by atoms with Crippen LogP contribution >= 0.6 is 0 Å². The van der Waals surface area contributed by atoms with E-state index < -0.39 is 0 Å². The number of hydrogen-bond acceptors (Lipinski definition) is 3. The molecule has 3 aromatic rings. The summed E-state index contributed by atoms with van der Waals surface area (Å²) in [4.78, 5) is 16.5. The third-order valence-corrected chi connectivity index (χ3v) is 5.75. The Bertz CT molecular complexity index is 1610. The van der Waals surface area contributed by atoms with Crippen LogP contribution in [0.1, 0.15) is 29.9 Å². The number of aliphatic hydroxyl groups is 1. The summed E-state index contributed by atoms with van der Waals surface area (Å²) in [5.74, 6) is 0.378. The summed E-state index contributed by atoms with van der Waals surface area (Å²) in [5, 5.41) is 11.9. The lowest BCUT2D eigenvalue weighted by Crippen LogP contribution is -2.08. The van der Waals surface area contributed by atoms with Gasteiger partial charge in [0.05, 0.1) is 33.7 Å². The molecule has 150 valence electrons. The highest BCUT2D eigenvalue weighted by atomic mass is 16.3. The van der Waals surface area contributed by atoms with E-state index in [-0.39, 0.29) is 11.7 Å². The zero-order chi connectivity index (χ0) is 20.9. The van der Waals surface area contributed by atoms with E-state index in [1.165, 1.54) is 0 Å².